The standard InChI is InChI=1S/C18H13NO3S/c20-18-12-19(17-8-4-3-7-16(17)18)23(21,22)15-10-9-13-5-1-2-6-14(13)11-15/h1-11H,12H2. The maximum absolute atomic E-state index is 13.0. The molecule has 1 aliphatic heterocycles. The Morgan fingerprint density at radius 3 is 2.35 bits per heavy atom. The van der Waals surface area contributed by atoms with E-state index in [4.69, 9.17) is 0 Å². The number of sulfonamides is 1. The Bertz CT molecular complexity index is 1040. The van der Waals surface area contributed by atoms with Crippen molar-refractivity contribution >= 4 is 32.3 Å². The molecule has 3 aromatic carbocycles. The van der Waals surface area contributed by atoms with E-state index in [1.54, 1.807) is 42.5 Å². The number of para-hydroxylation sites is 1. The van der Waals surface area contributed by atoms with E-state index in [-0.39, 0.29) is 17.2 Å². The second-order valence-corrected chi connectivity index (χ2v) is 7.32. The average Bonchev–Trinajstić information content (AvgIpc) is 2.92. The summed E-state index contributed by atoms with van der Waals surface area (Å²) in [4.78, 5) is 12.3. The number of benzene rings is 3. The number of rotatable bonds is 2. The molecule has 1 aliphatic rings. The van der Waals surface area contributed by atoms with E-state index in [0.717, 1.165) is 10.8 Å². The molecule has 1 heterocycles. The number of anilines is 1. The van der Waals surface area contributed by atoms with Gasteiger partial charge in [-0.3, -0.25) is 9.10 Å². The van der Waals surface area contributed by atoms with Gasteiger partial charge in [-0.2, -0.15) is 0 Å². The SMILES string of the molecule is O=C1CN(S(=O)(=O)c2ccc3ccccc3c2)c2ccccc21. The first-order valence-corrected chi connectivity index (χ1v) is 8.65. The Balaban J connectivity index is 1.86. The van der Waals surface area contributed by atoms with Crippen LogP contribution in [-0.2, 0) is 10.0 Å². The Labute approximate surface area is 134 Å². The first-order valence-electron chi connectivity index (χ1n) is 7.21. The summed E-state index contributed by atoms with van der Waals surface area (Å²) in [6.07, 6.45) is 0. The van der Waals surface area contributed by atoms with Gasteiger partial charge in [0.2, 0.25) is 0 Å². The monoisotopic (exact) mass is 323 g/mol. The van der Waals surface area contributed by atoms with Crippen LogP contribution in [0.15, 0.2) is 71.6 Å². The Kier molecular flexibility index (Phi) is 2.99. The molecule has 5 heteroatoms. The Morgan fingerprint density at radius 2 is 1.52 bits per heavy atom. The summed E-state index contributed by atoms with van der Waals surface area (Å²) in [6, 6.07) is 19.4. The predicted molar refractivity (Wildman–Crippen MR) is 89.3 cm³/mol. The Hall–Kier alpha value is -2.66. The van der Waals surface area contributed by atoms with Gasteiger partial charge >= 0.3 is 0 Å². The lowest BCUT2D eigenvalue weighted by Crippen LogP contribution is -2.30. The highest BCUT2D eigenvalue weighted by atomic mass is 32.2. The first kappa shape index (κ1) is 14.0. The van der Waals surface area contributed by atoms with Crippen LogP contribution in [0.25, 0.3) is 10.8 Å². The summed E-state index contributed by atoms with van der Waals surface area (Å²) in [5.74, 6) is -0.176. The lowest BCUT2D eigenvalue weighted by atomic mass is 10.1. The summed E-state index contributed by atoms with van der Waals surface area (Å²) in [5, 5.41) is 1.83. The van der Waals surface area contributed by atoms with Gasteiger partial charge in [-0.05, 0) is 35.0 Å². The number of hydrogen-bond acceptors (Lipinski definition) is 3. The van der Waals surface area contributed by atoms with Gasteiger partial charge in [0.05, 0.1) is 17.1 Å². The molecular formula is C18H13NO3S. The minimum absolute atomic E-state index is 0.144. The molecule has 0 aliphatic carbocycles. The summed E-state index contributed by atoms with van der Waals surface area (Å²) in [5.41, 5.74) is 0.905. The first-order chi connectivity index (χ1) is 11.1. The van der Waals surface area contributed by atoms with Gasteiger partial charge in [0, 0.05) is 5.56 Å². The molecule has 0 radical (unpaired) electrons. The molecule has 0 aromatic heterocycles. The van der Waals surface area contributed by atoms with Gasteiger partial charge in [-0.15, -0.1) is 0 Å². The molecule has 0 bridgehead atoms. The molecule has 23 heavy (non-hydrogen) atoms. The predicted octanol–water partition coefficient (Wildman–Crippen LogP) is 3.23. The van der Waals surface area contributed by atoms with E-state index in [9.17, 15) is 13.2 Å². The smallest absolute Gasteiger partial charge is 0.264 e. The lowest BCUT2D eigenvalue weighted by Gasteiger charge is -2.19. The van der Waals surface area contributed by atoms with Gasteiger partial charge in [0.1, 0.15) is 0 Å². The molecule has 0 unspecified atom stereocenters. The van der Waals surface area contributed by atoms with Crippen LogP contribution in [0.2, 0.25) is 0 Å². The van der Waals surface area contributed by atoms with Gasteiger partial charge in [-0.1, -0.05) is 42.5 Å². The molecule has 0 fully saturated rings. The molecule has 0 saturated heterocycles. The van der Waals surface area contributed by atoms with Crippen LogP contribution >= 0.6 is 0 Å². The number of carbonyl (C=O) groups excluding carboxylic acids is 1. The summed E-state index contributed by atoms with van der Waals surface area (Å²) < 4.78 is 27.1. The molecule has 4 rings (SSSR count). The van der Waals surface area contributed by atoms with Gasteiger partial charge < -0.3 is 0 Å². The third-order valence-corrected chi connectivity index (χ3v) is 5.83. The maximum Gasteiger partial charge on any atom is 0.264 e. The zero-order valence-electron chi connectivity index (χ0n) is 12.1. The van der Waals surface area contributed by atoms with Crippen molar-refractivity contribution in [2.45, 2.75) is 4.90 Å². The molecule has 0 amide bonds. The van der Waals surface area contributed by atoms with Crippen molar-refractivity contribution in [3.05, 3.63) is 72.3 Å². The quantitative estimate of drug-likeness (QED) is 0.727. The van der Waals surface area contributed by atoms with Crippen LogP contribution in [0.5, 0.6) is 0 Å². The van der Waals surface area contributed by atoms with Crippen molar-refractivity contribution < 1.29 is 13.2 Å². The number of ketones is 1. The second-order valence-electron chi connectivity index (χ2n) is 5.46. The minimum Gasteiger partial charge on any atom is -0.292 e. The van der Waals surface area contributed by atoms with E-state index in [1.807, 2.05) is 24.3 Å². The van der Waals surface area contributed by atoms with E-state index < -0.39 is 10.0 Å². The van der Waals surface area contributed by atoms with E-state index in [1.165, 1.54) is 4.31 Å². The highest BCUT2D eigenvalue weighted by molar-refractivity contribution is 7.93. The molecule has 0 spiro atoms. The topological polar surface area (TPSA) is 54.5 Å². The van der Waals surface area contributed by atoms with Gasteiger partial charge in [-0.25, -0.2) is 8.42 Å². The Morgan fingerprint density at radius 1 is 0.826 bits per heavy atom. The number of carbonyl (C=O) groups is 1. The maximum atomic E-state index is 13.0. The fraction of sp³-hybridized carbons (Fsp3) is 0.0556. The van der Waals surface area contributed by atoms with Crippen molar-refractivity contribution in [1.29, 1.82) is 0 Å². The highest BCUT2D eigenvalue weighted by Crippen LogP contribution is 2.33. The van der Waals surface area contributed by atoms with Gasteiger partial charge in [0.15, 0.2) is 5.78 Å². The number of hydrogen-bond donors (Lipinski definition) is 0. The minimum atomic E-state index is -3.76. The van der Waals surface area contributed by atoms with Crippen LogP contribution in [0.1, 0.15) is 10.4 Å². The van der Waals surface area contributed by atoms with Crippen LogP contribution in [0.3, 0.4) is 0 Å². The highest BCUT2D eigenvalue weighted by Gasteiger charge is 2.35. The number of nitrogens with zero attached hydrogens (tertiary/aromatic N) is 1. The molecule has 3 aromatic rings. The van der Waals surface area contributed by atoms with Crippen LogP contribution in [-0.4, -0.2) is 20.7 Å². The van der Waals surface area contributed by atoms with Crippen LogP contribution < -0.4 is 4.31 Å². The van der Waals surface area contributed by atoms with Crippen molar-refractivity contribution in [3.63, 3.8) is 0 Å². The summed E-state index contributed by atoms with van der Waals surface area (Å²) >= 11 is 0. The summed E-state index contributed by atoms with van der Waals surface area (Å²) in [7, 11) is -3.76. The normalized spacial score (nSPS) is 14.3. The fourth-order valence-electron chi connectivity index (χ4n) is 2.90. The zero-order chi connectivity index (χ0) is 16.0. The third-order valence-electron chi connectivity index (χ3n) is 4.07. The number of Topliss-reactive ketones (excluding diaryl/α,β-unsaturated/α-hetero) is 1. The van der Waals surface area contributed by atoms with E-state index in [2.05, 4.69) is 0 Å². The van der Waals surface area contributed by atoms with E-state index in [0.29, 0.717) is 11.3 Å². The molecule has 0 atom stereocenters. The van der Waals surface area contributed by atoms with Crippen LogP contribution in [0, 0.1) is 0 Å². The molecular weight excluding hydrogens is 310 g/mol. The van der Waals surface area contributed by atoms with Crippen molar-refractivity contribution in [1.82, 2.24) is 0 Å². The third kappa shape index (κ3) is 2.12. The van der Waals surface area contributed by atoms with Crippen LogP contribution in [0.4, 0.5) is 5.69 Å². The fourth-order valence-corrected chi connectivity index (χ4v) is 4.37. The molecule has 0 saturated carbocycles. The lowest BCUT2D eigenvalue weighted by molar-refractivity contribution is 0.101. The second kappa shape index (κ2) is 4.93. The molecule has 0 N–H and O–H groups in total. The average molecular weight is 323 g/mol. The molecule has 4 nitrogen and oxygen atoms in total. The van der Waals surface area contributed by atoms with Crippen molar-refractivity contribution in [2.24, 2.45) is 0 Å². The van der Waals surface area contributed by atoms with E-state index >= 15 is 0 Å². The number of fused-ring (bicyclic) bond motifs is 2. The van der Waals surface area contributed by atoms with Crippen molar-refractivity contribution in [2.75, 3.05) is 10.8 Å². The zero-order valence-corrected chi connectivity index (χ0v) is 13.0. The van der Waals surface area contributed by atoms with Crippen molar-refractivity contribution in [3.8, 4) is 0 Å². The molecule has 114 valence electrons. The largest absolute Gasteiger partial charge is 0.292 e. The summed E-state index contributed by atoms with van der Waals surface area (Å²) in [6.45, 7) is -0.144. The van der Waals surface area contributed by atoms with Gasteiger partial charge in [0.25, 0.3) is 10.0 Å².